The third-order valence-corrected chi connectivity index (χ3v) is 7.82. The number of aromatic carboxylic acids is 1. The lowest BCUT2D eigenvalue weighted by molar-refractivity contribution is 0.0703. The monoisotopic (exact) mass is 492 g/mol. The Bertz CT molecular complexity index is 1280. The summed E-state index contributed by atoms with van der Waals surface area (Å²) in [7, 11) is 1.65. The van der Waals surface area contributed by atoms with E-state index in [1.165, 1.54) is 16.2 Å². The Labute approximate surface area is 205 Å². The molecular formula is C26H24N2O4S2. The van der Waals surface area contributed by atoms with Gasteiger partial charge < -0.3 is 19.9 Å². The summed E-state index contributed by atoms with van der Waals surface area (Å²) >= 11 is 2.88. The molecule has 1 aliphatic carbocycles. The summed E-state index contributed by atoms with van der Waals surface area (Å²) < 4.78 is 10.7. The summed E-state index contributed by atoms with van der Waals surface area (Å²) in [5.74, 6) is 0.361. The average molecular weight is 493 g/mol. The molecule has 0 saturated heterocycles. The first-order chi connectivity index (χ1) is 16.6. The molecule has 6 nitrogen and oxygen atoms in total. The van der Waals surface area contributed by atoms with Crippen molar-refractivity contribution in [2.24, 2.45) is 0 Å². The predicted molar refractivity (Wildman–Crippen MR) is 137 cm³/mol. The van der Waals surface area contributed by atoms with E-state index in [2.05, 4.69) is 5.32 Å². The Morgan fingerprint density at radius 2 is 1.82 bits per heavy atom. The number of ether oxygens (including phenoxy) is 2. The Balaban J connectivity index is 1.42. The largest absolute Gasteiger partial charge is 0.491 e. The maximum atomic E-state index is 11.9. The van der Waals surface area contributed by atoms with Crippen LogP contribution in [0.5, 0.6) is 5.75 Å². The van der Waals surface area contributed by atoms with E-state index in [0.29, 0.717) is 30.0 Å². The topological polar surface area (TPSA) is 80.7 Å². The van der Waals surface area contributed by atoms with Crippen molar-refractivity contribution in [3.05, 3.63) is 70.4 Å². The molecule has 0 radical (unpaired) electrons. The van der Waals surface area contributed by atoms with E-state index in [-0.39, 0.29) is 4.88 Å². The molecule has 8 heteroatoms. The highest BCUT2D eigenvalue weighted by atomic mass is 32.1. The normalized spacial score (nSPS) is 13.1. The van der Waals surface area contributed by atoms with Gasteiger partial charge in [-0.25, -0.2) is 9.78 Å². The highest BCUT2D eigenvalue weighted by Gasteiger charge is 2.30. The third kappa shape index (κ3) is 4.99. The molecule has 1 fully saturated rings. The molecule has 34 heavy (non-hydrogen) atoms. The minimum Gasteiger partial charge on any atom is -0.491 e. The van der Waals surface area contributed by atoms with Gasteiger partial charge in [0.25, 0.3) is 0 Å². The second-order valence-corrected chi connectivity index (χ2v) is 10.1. The molecule has 2 N–H and O–H groups in total. The standard InChI is InChI=1S/C26H24N2O4S2/c1-31-13-14-32-19-11-9-17(10-12-19)22-23(18-7-8-18)34-26(28-22)27-20-15-21(33-24(20)25(29)30)16-5-3-2-4-6-16/h2-6,9-12,15,18H,7-8,13-14H2,1H3,(H,27,28)(H,29,30). The predicted octanol–water partition coefficient (Wildman–Crippen LogP) is 6.88. The van der Waals surface area contributed by atoms with Crippen LogP contribution in [0.2, 0.25) is 0 Å². The van der Waals surface area contributed by atoms with Crippen LogP contribution in [-0.2, 0) is 4.74 Å². The van der Waals surface area contributed by atoms with Gasteiger partial charge >= 0.3 is 5.97 Å². The molecule has 2 aromatic carbocycles. The van der Waals surface area contributed by atoms with Gasteiger partial charge in [-0.1, -0.05) is 30.3 Å². The number of benzene rings is 2. The van der Waals surface area contributed by atoms with Gasteiger partial charge in [0.05, 0.1) is 18.0 Å². The number of nitrogens with one attached hydrogen (secondary N) is 1. The summed E-state index contributed by atoms with van der Waals surface area (Å²) in [5.41, 5.74) is 3.54. The second-order valence-electron chi connectivity index (χ2n) is 8.02. The lowest BCUT2D eigenvalue weighted by atomic mass is 10.1. The van der Waals surface area contributed by atoms with Crippen LogP contribution < -0.4 is 10.1 Å². The van der Waals surface area contributed by atoms with Crippen molar-refractivity contribution in [1.82, 2.24) is 4.98 Å². The van der Waals surface area contributed by atoms with E-state index < -0.39 is 5.97 Å². The van der Waals surface area contributed by atoms with Gasteiger partial charge in [-0.15, -0.1) is 22.7 Å². The van der Waals surface area contributed by atoms with Gasteiger partial charge in [-0.2, -0.15) is 0 Å². The van der Waals surface area contributed by atoms with Gasteiger partial charge in [-0.3, -0.25) is 0 Å². The molecule has 5 rings (SSSR count). The lowest BCUT2D eigenvalue weighted by Crippen LogP contribution is -2.03. The van der Waals surface area contributed by atoms with E-state index in [4.69, 9.17) is 14.5 Å². The second kappa shape index (κ2) is 9.97. The number of methoxy groups -OCH3 is 1. The quantitative estimate of drug-likeness (QED) is 0.235. The highest BCUT2D eigenvalue weighted by Crippen LogP contribution is 2.49. The van der Waals surface area contributed by atoms with Crippen molar-refractivity contribution >= 4 is 39.5 Å². The summed E-state index contributed by atoms with van der Waals surface area (Å²) in [6, 6.07) is 19.6. The van der Waals surface area contributed by atoms with Crippen LogP contribution in [0.15, 0.2) is 60.7 Å². The molecule has 2 heterocycles. The number of carboxylic acid groups (broad SMARTS) is 1. The van der Waals surface area contributed by atoms with Crippen molar-refractivity contribution in [2.45, 2.75) is 18.8 Å². The van der Waals surface area contributed by atoms with Crippen molar-refractivity contribution in [1.29, 1.82) is 0 Å². The number of thiophene rings is 1. The fraction of sp³-hybridized carbons (Fsp3) is 0.231. The number of aromatic nitrogens is 1. The fourth-order valence-electron chi connectivity index (χ4n) is 3.67. The van der Waals surface area contributed by atoms with Gasteiger partial charge in [0.2, 0.25) is 0 Å². The van der Waals surface area contributed by atoms with Gasteiger partial charge in [-0.05, 0) is 54.7 Å². The number of rotatable bonds is 10. The van der Waals surface area contributed by atoms with Crippen molar-refractivity contribution in [2.75, 3.05) is 25.6 Å². The maximum absolute atomic E-state index is 11.9. The number of hydrogen-bond donors (Lipinski definition) is 2. The van der Waals surface area contributed by atoms with E-state index in [1.54, 1.807) is 18.4 Å². The number of nitrogens with zero attached hydrogens (tertiary/aromatic N) is 1. The molecule has 174 valence electrons. The molecule has 0 spiro atoms. The van der Waals surface area contributed by atoms with Crippen LogP contribution in [0.4, 0.5) is 10.8 Å². The van der Waals surface area contributed by atoms with E-state index in [9.17, 15) is 9.90 Å². The number of hydrogen-bond acceptors (Lipinski definition) is 7. The first-order valence-electron chi connectivity index (χ1n) is 11.0. The Morgan fingerprint density at radius 1 is 1.06 bits per heavy atom. The molecule has 1 aliphatic rings. The zero-order chi connectivity index (χ0) is 23.5. The van der Waals surface area contributed by atoms with Crippen molar-refractivity contribution in [3.8, 4) is 27.4 Å². The molecule has 0 atom stereocenters. The van der Waals surface area contributed by atoms with Gasteiger partial charge in [0, 0.05) is 22.4 Å². The molecule has 4 aromatic rings. The van der Waals surface area contributed by atoms with Crippen LogP contribution in [0.25, 0.3) is 21.7 Å². The molecule has 1 saturated carbocycles. The molecule has 0 unspecified atom stereocenters. The summed E-state index contributed by atoms with van der Waals surface area (Å²) in [5, 5.41) is 13.8. The third-order valence-electron chi connectivity index (χ3n) is 5.51. The Kier molecular flexibility index (Phi) is 6.62. The number of anilines is 2. The van der Waals surface area contributed by atoms with Crippen molar-refractivity contribution in [3.63, 3.8) is 0 Å². The number of thiazole rings is 1. The maximum Gasteiger partial charge on any atom is 0.348 e. The van der Waals surface area contributed by atoms with E-state index in [0.717, 1.165) is 40.3 Å². The van der Waals surface area contributed by atoms with Gasteiger partial charge in [0.1, 0.15) is 17.2 Å². The van der Waals surface area contributed by atoms with Crippen LogP contribution in [0, 0.1) is 0 Å². The molecular weight excluding hydrogens is 468 g/mol. The van der Waals surface area contributed by atoms with Crippen LogP contribution in [-0.4, -0.2) is 36.4 Å². The molecule has 0 amide bonds. The summed E-state index contributed by atoms with van der Waals surface area (Å²) in [6.07, 6.45) is 2.31. The van der Waals surface area contributed by atoms with Gasteiger partial charge in [0.15, 0.2) is 5.13 Å². The minimum absolute atomic E-state index is 0.279. The zero-order valence-corrected chi connectivity index (χ0v) is 20.2. The van der Waals surface area contributed by atoms with Crippen LogP contribution >= 0.6 is 22.7 Å². The smallest absolute Gasteiger partial charge is 0.348 e. The van der Waals surface area contributed by atoms with E-state index in [1.807, 2.05) is 60.7 Å². The molecule has 0 aliphatic heterocycles. The van der Waals surface area contributed by atoms with Crippen LogP contribution in [0.3, 0.4) is 0 Å². The zero-order valence-electron chi connectivity index (χ0n) is 18.6. The summed E-state index contributed by atoms with van der Waals surface area (Å²) in [4.78, 5) is 19.2. The summed E-state index contributed by atoms with van der Waals surface area (Å²) in [6.45, 7) is 1.05. The SMILES string of the molecule is COCCOc1ccc(-c2nc(Nc3cc(-c4ccccc4)sc3C(=O)O)sc2C2CC2)cc1. The minimum atomic E-state index is -0.946. The molecule has 2 aromatic heterocycles. The molecule has 0 bridgehead atoms. The van der Waals surface area contributed by atoms with Crippen molar-refractivity contribution < 1.29 is 19.4 Å². The highest BCUT2D eigenvalue weighted by molar-refractivity contribution is 7.18. The number of carbonyl (C=O) groups is 1. The fourth-order valence-corrected chi connectivity index (χ4v) is 5.80. The lowest BCUT2D eigenvalue weighted by Gasteiger charge is -2.06. The first kappa shape index (κ1) is 22.6. The Morgan fingerprint density at radius 3 is 2.50 bits per heavy atom. The van der Waals surface area contributed by atoms with E-state index >= 15 is 0 Å². The Hall–Kier alpha value is -3.20. The number of carboxylic acids is 1. The average Bonchev–Trinajstić information content (AvgIpc) is 3.48. The first-order valence-corrected chi connectivity index (χ1v) is 12.7. The van der Waals surface area contributed by atoms with Crippen LogP contribution in [0.1, 0.15) is 33.3 Å².